The van der Waals surface area contributed by atoms with Crippen molar-refractivity contribution in [3.05, 3.63) is 64.4 Å². The number of nitrogens with zero attached hydrogens (tertiary/aromatic N) is 1. The van der Waals surface area contributed by atoms with E-state index in [2.05, 4.69) is 20.9 Å². The largest absolute Gasteiger partial charge is 0.302 e. The van der Waals surface area contributed by atoms with Crippen molar-refractivity contribution in [1.29, 1.82) is 0 Å². The Morgan fingerprint density at radius 2 is 1.88 bits per heavy atom. The second kappa shape index (κ2) is 5.03. The number of carbonyl (C=O) groups excluding carboxylic acids is 1. The van der Waals surface area contributed by atoms with Crippen LogP contribution in [0.25, 0.3) is 0 Å². The summed E-state index contributed by atoms with van der Waals surface area (Å²) in [7, 11) is 0. The average Bonchev–Trinajstić information content (AvgIpc) is 2.31. The van der Waals surface area contributed by atoms with E-state index in [1.165, 1.54) is 0 Å². The Balaban J connectivity index is 2.41. The number of hydrogen-bond acceptors (Lipinski definition) is 2. The molecule has 0 fully saturated rings. The van der Waals surface area contributed by atoms with Crippen LogP contribution in [0.4, 0.5) is 0 Å². The van der Waals surface area contributed by atoms with Crippen LogP contribution in [-0.4, -0.2) is 11.3 Å². The lowest BCUT2D eigenvalue weighted by Crippen LogP contribution is -2.02. The normalized spacial score (nSPS) is 12.1. The van der Waals surface area contributed by atoms with Gasteiger partial charge in [0, 0.05) is 16.9 Å². The molecule has 0 amide bonds. The fourth-order valence-electron chi connectivity index (χ4n) is 1.61. The predicted molar refractivity (Wildman–Crippen MR) is 66.3 cm³/mol. The van der Waals surface area contributed by atoms with Crippen LogP contribution in [-0.2, 0) is 4.79 Å². The standard InChI is InChI=1S/C13H10BrNO/c14-12-6-11(7-15-8-12)13(9-16)10-4-2-1-3-5-10/h1-9,13H. The summed E-state index contributed by atoms with van der Waals surface area (Å²) < 4.78 is 0.882. The molecular formula is C13H10BrNO. The molecule has 3 heteroatoms. The summed E-state index contributed by atoms with van der Waals surface area (Å²) in [4.78, 5) is 15.2. The van der Waals surface area contributed by atoms with Crippen molar-refractivity contribution in [2.75, 3.05) is 0 Å². The van der Waals surface area contributed by atoms with Gasteiger partial charge in [0.05, 0.1) is 5.92 Å². The first-order valence-electron chi connectivity index (χ1n) is 4.92. The van der Waals surface area contributed by atoms with Gasteiger partial charge in [0.25, 0.3) is 0 Å². The number of halogens is 1. The molecule has 0 radical (unpaired) electrons. The molecule has 0 aliphatic carbocycles. The van der Waals surface area contributed by atoms with Crippen LogP contribution >= 0.6 is 15.9 Å². The van der Waals surface area contributed by atoms with Gasteiger partial charge in [0.15, 0.2) is 0 Å². The Morgan fingerprint density at radius 3 is 2.50 bits per heavy atom. The van der Waals surface area contributed by atoms with Gasteiger partial charge in [-0.2, -0.15) is 0 Å². The minimum absolute atomic E-state index is 0.244. The Hall–Kier alpha value is -1.48. The molecule has 2 aromatic rings. The van der Waals surface area contributed by atoms with Crippen molar-refractivity contribution in [2.24, 2.45) is 0 Å². The van der Waals surface area contributed by atoms with Crippen molar-refractivity contribution in [2.45, 2.75) is 5.92 Å². The first kappa shape index (κ1) is 11.0. The van der Waals surface area contributed by atoms with Gasteiger partial charge in [0.1, 0.15) is 6.29 Å². The molecule has 2 rings (SSSR count). The van der Waals surface area contributed by atoms with Gasteiger partial charge >= 0.3 is 0 Å². The molecule has 0 aliphatic rings. The van der Waals surface area contributed by atoms with Gasteiger partial charge in [-0.1, -0.05) is 30.3 Å². The van der Waals surface area contributed by atoms with Crippen molar-refractivity contribution in [3.8, 4) is 0 Å². The van der Waals surface area contributed by atoms with Crippen LogP contribution in [0.5, 0.6) is 0 Å². The first-order chi connectivity index (χ1) is 7.81. The molecule has 80 valence electrons. The third kappa shape index (κ3) is 2.36. The van der Waals surface area contributed by atoms with Crippen molar-refractivity contribution in [1.82, 2.24) is 4.98 Å². The maximum atomic E-state index is 11.2. The van der Waals surface area contributed by atoms with E-state index >= 15 is 0 Å². The summed E-state index contributed by atoms with van der Waals surface area (Å²) in [5, 5.41) is 0. The number of aromatic nitrogens is 1. The molecule has 1 aromatic heterocycles. The van der Waals surface area contributed by atoms with Crippen LogP contribution in [0, 0.1) is 0 Å². The van der Waals surface area contributed by atoms with Crippen molar-refractivity contribution < 1.29 is 4.79 Å². The van der Waals surface area contributed by atoms with Crippen molar-refractivity contribution >= 4 is 22.2 Å². The zero-order valence-corrected chi connectivity index (χ0v) is 10.1. The maximum Gasteiger partial charge on any atom is 0.131 e. The van der Waals surface area contributed by atoms with Gasteiger partial charge in [-0.25, -0.2) is 0 Å². The number of pyridine rings is 1. The molecule has 16 heavy (non-hydrogen) atoms. The molecule has 0 spiro atoms. The number of rotatable bonds is 3. The molecule has 0 N–H and O–H groups in total. The molecule has 0 aliphatic heterocycles. The Labute approximate surface area is 102 Å². The van der Waals surface area contributed by atoms with E-state index in [1.54, 1.807) is 12.4 Å². The van der Waals surface area contributed by atoms with Crippen molar-refractivity contribution in [3.63, 3.8) is 0 Å². The van der Waals surface area contributed by atoms with Gasteiger partial charge < -0.3 is 4.79 Å². The smallest absolute Gasteiger partial charge is 0.131 e. The van der Waals surface area contributed by atoms with E-state index in [1.807, 2.05) is 36.4 Å². The first-order valence-corrected chi connectivity index (χ1v) is 5.71. The third-order valence-corrected chi connectivity index (χ3v) is 2.81. The van der Waals surface area contributed by atoms with Crippen LogP contribution < -0.4 is 0 Å². The van der Waals surface area contributed by atoms with E-state index in [0.717, 1.165) is 21.9 Å². The van der Waals surface area contributed by atoms with Gasteiger partial charge in [0.2, 0.25) is 0 Å². The average molecular weight is 276 g/mol. The van der Waals surface area contributed by atoms with Crippen LogP contribution in [0.15, 0.2) is 53.3 Å². The third-order valence-electron chi connectivity index (χ3n) is 2.38. The SMILES string of the molecule is O=CC(c1ccccc1)c1cncc(Br)c1. The molecule has 1 heterocycles. The molecule has 0 saturated carbocycles. The lowest BCUT2D eigenvalue weighted by atomic mass is 9.94. The molecule has 1 aromatic carbocycles. The van der Waals surface area contributed by atoms with E-state index in [9.17, 15) is 4.79 Å². The summed E-state index contributed by atoms with van der Waals surface area (Å²) in [6, 6.07) is 11.6. The van der Waals surface area contributed by atoms with Gasteiger partial charge in [-0.15, -0.1) is 0 Å². The van der Waals surface area contributed by atoms with Crippen LogP contribution in [0.3, 0.4) is 0 Å². The summed E-state index contributed by atoms with van der Waals surface area (Å²) in [6.07, 6.45) is 4.37. The second-order valence-electron chi connectivity index (χ2n) is 3.46. The number of benzene rings is 1. The Kier molecular flexibility index (Phi) is 3.47. The molecule has 0 bridgehead atoms. The Bertz CT molecular complexity index is 484. The van der Waals surface area contributed by atoms with Gasteiger partial charge in [-0.05, 0) is 33.1 Å². The lowest BCUT2D eigenvalue weighted by molar-refractivity contribution is -0.108. The summed E-state index contributed by atoms with van der Waals surface area (Å²) in [6.45, 7) is 0. The van der Waals surface area contributed by atoms with E-state index in [-0.39, 0.29) is 5.92 Å². The van der Waals surface area contributed by atoms with Gasteiger partial charge in [-0.3, -0.25) is 4.98 Å². The zero-order chi connectivity index (χ0) is 11.4. The second-order valence-corrected chi connectivity index (χ2v) is 4.38. The molecular weight excluding hydrogens is 266 g/mol. The number of carbonyl (C=O) groups is 1. The summed E-state index contributed by atoms with van der Waals surface area (Å²) >= 11 is 3.35. The molecule has 2 nitrogen and oxygen atoms in total. The molecule has 1 unspecified atom stereocenters. The highest BCUT2D eigenvalue weighted by Crippen LogP contribution is 2.23. The fraction of sp³-hybridized carbons (Fsp3) is 0.0769. The maximum absolute atomic E-state index is 11.2. The highest BCUT2D eigenvalue weighted by molar-refractivity contribution is 9.10. The minimum atomic E-state index is -0.244. The highest BCUT2D eigenvalue weighted by Gasteiger charge is 2.13. The summed E-state index contributed by atoms with van der Waals surface area (Å²) in [5.74, 6) is -0.244. The quantitative estimate of drug-likeness (QED) is 0.806. The van der Waals surface area contributed by atoms with E-state index in [0.29, 0.717) is 0 Å². The lowest BCUT2D eigenvalue weighted by Gasteiger charge is -2.10. The Morgan fingerprint density at radius 1 is 1.12 bits per heavy atom. The topological polar surface area (TPSA) is 30.0 Å². The number of aldehydes is 1. The fourth-order valence-corrected chi connectivity index (χ4v) is 1.99. The summed E-state index contributed by atoms with van der Waals surface area (Å²) in [5.41, 5.74) is 1.88. The zero-order valence-electron chi connectivity index (χ0n) is 8.51. The highest BCUT2D eigenvalue weighted by atomic mass is 79.9. The van der Waals surface area contributed by atoms with E-state index < -0.39 is 0 Å². The van der Waals surface area contributed by atoms with E-state index in [4.69, 9.17) is 0 Å². The monoisotopic (exact) mass is 275 g/mol. The predicted octanol–water partition coefficient (Wildman–Crippen LogP) is 3.17. The van der Waals surface area contributed by atoms with Crippen LogP contribution in [0.2, 0.25) is 0 Å². The molecule has 1 atom stereocenters. The molecule has 0 saturated heterocycles. The van der Waals surface area contributed by atoms with Crippen LogP contribution in [0.1, 0.15) is 17.0 Å². The minimum Gasteiger partial charge on any atom is -0.302 e. The number of hydrogen-bond donors (Lipinski definition) is 0.